The van der Waals surface area contributed by atoms with Gasteiger partial charge in [0.2, 0.25) is 0 Å². The van der Waals surface area contributed by atoms with Gasteiger partial charge in [-0.25, -0.2) is 0 Å². The van der Waals surface area contributed by atoms with Crippen LogP contribution in [0.3, 0.4) is 0 Å². The maximum atomic E-state index is 12.7. The summed E-state index contributed by atoms with van der Waals surface area (Å²) < 4.78 is 10.7. The van der Waals surface area contributed by atoms with Crippen LogP contribution in [-0.2, 0) is 23.9 Å². The number of esters is 1. The average Bonchev–Trinajstić information content (AvgIpc) is 2.66. The predicted molar refractivity (Wildman–Crippen MR) is 98.9 cm³/mol. The van der Waals surface area contributed by atoms with E-state index in [0.29, 0.717) is 12.8 Å². The first-order valence-corrected chi connectivity index (χ1v) is 9.71. The van der Waals surface area contributed by atoms with E-state index in [-0.39, 0.29) is 24.1 Å². The first-order chi connectivity index (χ1) is 12.5. The van der Waals surface area contributed by atoms with E-state index in [1.54, 1.807) is 27.7 Å². The summed E-state index contributed by atoms with van der Waals surface area (Å²) in [5.74, 6) is -3.84. The largest absolute Gasteiger partial charge is 0.459 e. The lowest BCUT2D eigenvalue weighted by Gasteiger charge is -2.32. The van der Waals surface area contributed by atoms with Crippen molar-refractivity contribution in [2.45, 2.75) is 78.3 Å². The molecule has 0 aromatic carbocycles. The number of ether oxygens (including phenoxy) is 2. The minimum Gasteiger partial charge on any atom is -0.459 e. The molecule has 1 fully saturated rings. The maximum absolute atomic E-state index is 12.7. The molecule has 7 nitrogen and oxygen atoms in total. The summed E-state index contributed by atoms with van der Waals surface area (Å²) in [6.45, 7) is 8.23. The first kappa shape index (κ1) is 23.7. The molecule has 156 valence electrons. The number of cyclic esters (lactones) is 1. The van der Waals surface area contributed by atoms with E-state index in [1.165, 1.54) is 14.0 Å². The van der Waals surface area contributed by atoms with Crippen molar-refractivity contribution in [1.82, 2.24) is 0 Å². The van der Waals surface area contributed by atoms with Crippen molar-refractivity contribution < 1.29 is 34.1 Å². The summed E-state index contributed by atoms with van der Waals surface area (Å²) in [5, 5.41) is 20.9. The van der Waals surface area contributed by atoms with Crippen LogP contribution in [0, 0.1) is 23.7 Å². The molecule has 27 heavy (non-hydrogen) atoms. The molecule has 1 aliphatic rings. The highest BCUT2D eigenvalue weighted by Crippen LogP contribution is 2.26. The summed E-state index contributed by atoms with van der Waals surface area (Å²) in [7, 11) is 1.52. The minimum absolute atomic E-state index is 0.200. The van der Waals surface area contributed by atoms with Crippen molar-refractivity contribution in [2.75, 3.05) is 7.11 Å². The third kappa shape index (κ3) is 5.83. The van der Waals surface area contributed by atoms with Gasteiger partial charge in [0.1, 0.15) is 29.7 Å². The van der Waals surface area contributed by atoms with Gasteiger partial charge in [0.05, 0.1) is 12.2 Å². The lowest BCUT2D eigenvalue weighted by molar-refractivity contribution is -0.169. The van der Waals surface area contributed by atoms with Gasteiger partial charge in [-0.1, -0.05) is 27.7 Å². The Morgan fingerprint density at radius 2 is 1.48 bits per heavy atom. The smallest absolute Gasteiger partial charge is 0.316 e. The minimum atomic E-state index is -1.41. The molecule has 0 saturated carbocycles. The normalized spacial score (nSPS) is 40.4. The Balaban J connectivity index is 3.20. The van der Waals surface area contributed by atoms with Crippen molar-refractivity contribution >= 4 is 17.5 Å². The van der Waals surface area contributed by atoms with E-state index in [2.05, 4.69) is 0 Å². The molecule has 1 rings (SSSR count). The van der Waals surface area contributed by atoms with Crippen molar-refractivity contribution in [1.29, 1.82) is 0 Å². The fourth-order valence-corrected chi connectivity index (χ4v) is 3.63. The third-order valence-electron chi connectivity index (χ3n) is 5.68. The highest BCUT2D eigenvalue weighted by molar-refractivity contribution is 5.99. The molecule has 5 unspecified atom stereocenters. The maximum Gasteiger partial charge on any atom is 0.316 e. The Hall–Kier alpha value is -1.31. The Morgan fingerprint density at radius 3 is 1.96 bits per heavy atom. The molecule has 0 spiro atoms. The zero-order chi connectivity index (χ0) is 20.9. The lowest BCUT2D eigenvalue weighted by atomic mass is 9.82. The van der Waals surface area contributed by atoms with E-state index in [9.17, 15) is 24.6 Å². The number of hydrogen-bond acceptors (Lipinski definition) is 7. The topological polar surface area (TPSA) is 110 Å². The Bertz CT molecular complexity index is 532. The van der Waals surface area contributed by atoms with Gasteiger partial charge >= 0.3 is 5.97 Å². The van der Waals surface area contributed by atoms with Crippen LogP contribution in [0.1, 0.15) is 53.9 Å². The van der Waals surface area contributed by atoms with Crippen LogP contribution in [-0.4, -0.2) is 59.3 Å². The SMILES string of the molecule is CC[C@H]1OC(=O)C(C)C(=O)[C@H](C)CC(OC)C[C@@H](C)C(=O)C(C)C(O)C1O. The number of carbonyl (C=O) groups excluding carboxylic acids is 3. The second kappa shape index (κ2) is 10.3. The molecule has 0 radical (unpaired) electrons. The highest BCUT2D eigenvalue weighted by Gasteiger charge is 2.39. The van der Waals surface area contributed by atoms with Crippen LogP contribution in [0.15, 0.2) is 0 Å². The standard InChI is InChI=1S/C20H34O7/c1-7-15-19(24)18(23)12(4)16(21)10(2)8-14(26-6)9-11(3)17(22)13(5)20(25)27-15/h10-15,18-19,23-24H,7-9H2,1-6H3/t10-,11-,12?,13?,14?,15-,18?,19?/m1/s1. The molecule has 1 saturated heterocycles. The number of aliphatic hydroxyl groups excluding tert-OH is 2. The highest BCUT2D eigenvalue weighted by atomic mass is 16.6. The lowest BCUT2D eigenvalue weighted by Crippen LogP contribution is -2.47. The number of methoxy groups -OCH3 is 1. The van der Waals surface area contributed by atoms with Crippen LogP contribution in [0.2, 0.25) is 0 Å². The second-order valence-corrected chi connectivity index (χ2v) is 7.81. The van der Waals surface area contributed by atoms with Crippen molar-refractivity contribution in [3.63, 3.8) is 0 Å². The number of rotatable bonds is 2. The van der Waals surface area contributed by atoms with Crippen LogP contribution in [0.25, 0.3) is 0 Å². The molecule has 0 amide bonds. The van der Waals surface area contributed by atoms with Crippen molar-refractivity contribution in [3.8, 4) is 0 Å². The van der Waals surface area contributed by atoms with Crippen LogP contribution < -0.4 is 0 Å². The number of ketones is 2. The Labute approximate surface area is 161 Å². The van der Waals surface area contributed by atoms with Gasteiger partial charge < -0.3 is 19.7 Å². The third-order valence-corrected chi connectivity index (χ3v) is 5.68. The first-order valence-electron chi connectivity index (χ1n) is 9.71. The van der Waals surface area contributed by atoms with Crippen molar-refractivity contribution in [3.05, 3.63) is 0 Å². The van der Waals surface area contributed by atoms with Gasteiger partial charge in [-0.15, -0.1) is 0 Å². The molecule has 0 aromatic heterocycles. The second-order valence-electron chi connectivity index (χ2n) is 7.81. The molecule has 0 bridgehead atoms. The van der Waals surface area contributed by atoms with Gasteiger partial charge in [-0.05, 0) is 26.2 Å². The van der Waals surface area contributed by atoms with Crippen LogP contribution in [0.5, 0.6) is 0 Å². The molecule has 7 heteroatoms. The summed E-state index contributed by atoms with van der Waals surface area (Å²) in [6, 6.07) is 0. The molecular formula is C20H34O7. The number of Topliss-reactive ketones (excluding diaryl/α,β-unsaturated/α-hetero) is 2. The molecule has 0 aliphatic carbocycles. The number of hydrogen-bond donors (Lipinski definition) is 2. The fraction of sp³-hybridized carbons (Fsp3) is 0.850. The van der Waals surface area contributed by atoms with E-state index >= 15 is 0 Å². The predicted octanol–water partition coefficient (Wildman–Crippen LogP) is 1.52. The summed E-state index contributed by atoms with van der Waals surface area (Å²) in [4.78, 5) is 37.7. The summed E-state index contributed by atoms with van der Waals surface area (Å²) in [6.07, 6.45) is -3.05. The quantitative estimate of drug-likeness (QED) is 0.547. The Kier molecular flexibility index (Phi) is 9.05. The Morgan fingerprint density at radius 1 is 0.963 bits per heavy atom. The van der Waals surface area contributed by atoms with E-state index in [0.717, 1.165) is 0 Å². The molecule has 1 heterocycles. The summed E-state index contributed by atoms with van der Waals surface area (Å²) >= 11 is 0. The van der Waals surface area contributed by atoms with Gasteiger partial charge in [0.25, 0.3) is 0 Å². The van der Waals surface area contributed by atoms with E-state index in [4.69, 9.17) is 9.47 Å². The molecule has 0 aromatic rings. The van der Waals surface area contributed by atoms with E-state index < -0.39 is 48.0 Å². The fourth-order valence-electron chi connectivity index (χ4n) is 3.63. The van der Waals surface area contributed by atoms with Crippen LogP contribution in [0.4, 0.5) is 0 Å². The van der Waals surface area contributed by atoms with Gasteiger partial charge in [-0.3, -0.25) is 14.4 Å². The van der Waals surface area contributed by atoms with Crippen molar-refractivity contribution in [2.24, 2.45) is 23.7 Å². The molecular weight excluding hydrogens is 352 g/mol. The summed E-state index contributed by atoms with van der Waals surface area (Å²) in [5.41, 5.74) is 0. The zero-order valence-electron chi connectivity index (χ0n) is 17.2. The molecule has 8 atom stereocenters. The monoisotopic (exact) mass is 386 g/mol. The average molecular weight is 386 g/mol. The van der Waals surface area contributed by atoms with Gasteiger partial charge in [-0.2, -0.15) is 0 Å². The number of aliphatic hydroxyl groups is 2. The molecule has 2 N–H and O–H groups in total. The van der Waals surface area contributed by atoms with E-state index in [1.807, 2.05) is 0 Å². The zero-order valence-corrected chi connectivity index (χ0v) is 17.2. The van der Waals surface area contributed by atoms with Gasteiger partial charge in [0.15, 0.2) is 0 Å². The number of carbonyl (C=O) groups is 3. The van der Waals surface area contributed by atoms with Crippen LogP contribution >= 0.6 is 0 Å². The van der Waals surface area contributed by atoms with Gasteiger partial charge in [0, 0.05) is 24.9 Å². The molecule has 1 aliphatic heterocycles.